The van der Waals surface area contributed by atoms with Gasteiger partial charge in [0.15, 0.2) is 0 Å². The van der Waals surface area contributed by atoms with Crippen LogP contribution in [0.15, 0.2) is 0 Å². The summed E-state index contributed by atoms with van der Waals surface area (Å²) in [6.45, 7) is 3.28. The number of sulfonamides is 1. The highest BCUT2D eigenvalue weighted by molar-refractivity contribution is 7.88. The van der Waals surface area contributed by atoms with E-state index in [1.807, 2.05) is 0 Å². The molecule has 0 aliphatic carbocycles. The molecule has 3 atom stereocenters. The van der Waals surface area contributed by atoms with E-state index >= 15 is 0 Å². The Morgan fingerprint density at radius 2 is 1.90 bits per heavy atom. The first kappa shape index (κ1) is 15.2. The number of ether oxygens (including phenoxy) is 2. The van der Waals surface area contributed by atoms with E-state index in [0.717, 1.165) is 6.42 Å². The fraction of sp³-hybridized carbons (Fsp3) is 0.923. The van der Waals surface area contributed by atoms with Crippen LogP contribution in [-0.2, 0) is 24.3 Å². The highest BCUT2D eigenvalue weighted by Gasteiger charge is 2.44. The van der Waals surface area contributed by atoms with Gasteiger partial charge in [0.25, 0.3) is 5.91 Å². The number of hydrogen-bond donors (Lipinski definition) is 0. The Bertz CT molecular complexity index is 503. The number of carbonyl (C=O) groups excluding carboxylic acids is 1. The molecule has 0 N–H and O–H groups in total. The fourth-order valence-electron chi connectivity index (χ4n) is 3.35. The summed E-state index contributed by atoms with van der Waals surface area (Å²) < 4.78 is 35.8. The minimum atomic E-state index is -3.18. The van der Waals surface area contributed by atoms with Crippen molar-refractivity contribution in [1.29, 1.82) is 0 Å². The predicted molar refractivity (Wildman–Crippen MR) is 75.2 cm³/mol. The summed E-state index contributed by atoms with van der Waals surface area (Å²) in [5, 5.41) is 0. The van der Waals surface area contributed by atoms with Gasteiger partial charge < -0.3 is 14.4 Å². The van der Waals surface area contributed by atoms with Gasteiger partial charge in [-0.1, -0.05) is 0 Å². The molecule has 3 rings (SSSR count). The third kappa shape index (κ3) is 3.23. The van der Waals surface area contributed by atoms with Crippen molar-refractivity contribution < 1.29 is 22.7 Å². The molecule has 0 aromatic rings. The summed E-state index contributed by atoms with van der Waals surface area (Å²) in [4.78, 5) is 14.2. The lowest BCUT2D eigenvalue weighted by Gasteiger charge is -2.32. The minimum Gasteiger partial charge on any atom is -0.378 e. The lowest BCUT2D eigenvalue weighted by Crippen LogP contribution is -2.46. The quantitative estimate of drug-likeness (QED) is 0.672. The first-order valence-electron chi connectivity index (χ1n) is 7.42. The average molecular weight is 318 g/mol. The summed E-state index contributed by atoms with van der Waals surface area (Å²) in [5.41, 5.74) is 0. The van der Waals surface area contributed by atoms with E-state index < -0.39 is 16.1 Å². The predicted octanol–water partition coefficient (Wildman–Crippen LogP) is -0.716. The molecule has 7 nitrogen and oxygen atoms in total. The SMILES string of the molecule is CS(=O)(=O)N1CC[C@@H]2C[C@H](C(=O)N3CCOCC3)O[C@H]2C1. The molecule has 21 heavy (non-hydrogen) atoms. The zero-order valence-corrected chi connectivity index (χ0v) is 13.0. The maximum atomic E-state index is 12.4. The highest BCUT2D eigenvalue weighted by Crippen LogP contribution is 2.34. The van der Waals surface area contributed by atoms with Crippen molar-refractivity contribution in [3.05, 3.63) is 0 Å². The molecule has 0 spiro atoms. The van der Waals surface area contributed by atoms with Gasteiger partial charge in [-0.3, -0.25) is 4.79 Å². The monoisotopic (exact) mass is 318 g/mol. The first-order valence-corrected chi connectivity index (χ1v) is 9.27. The number of rotatable bonds is 2. The van der Waals surface area contributed by atoms with Crippen LogP contribution in [0, 0.1) is 5.92 Å². The lowest BCUT2D eigenvalue weighted by molar-refractivity contribution is -0.147. The van der Waals surface area contributed by atoms with Crippen LogP contribution < -0.4 is 0 Å². The summed E-state index contributed by atoms with van der Waals surface area (Å²) in [6, 6.07) is 0. The van der Waals surface area contributed by atoms with Crippen LogP contribution in [0.2, 0.25) is 0 Å². The lowest BCUT2D eigenvalue weighted by atomic mass is 9.92. The van der Waals surface area contributed by atoms with Crippen LogP contribution in [0.25, 0.3) is 0 Å². The zero-order chi connectivity index (χ0) is 15.0. The Morgan fingerprint density at radius 3 is 2.57 bits per heavy atom. The molecule has 3 aliphatic rings. The molecular formula is C13H22N2O5S. The van der Waals surface area contributed by atoms with E-state index in [2.05, 4.69) is 0 Å². The second-order valence-electron chi connectivity index (χ2n) is 6.01. The van der Waals surface area contributed by atoms with Gasteiger partial charge in [0.05, 0.1) is 25.6 Å². The van der Waals surface area contributed by atoms with Crippen molar-refractivity contribution in [2.75, 3.05) is 45.6 Å². The maximum Gasteiger partial charge on any atom is 0.251 e. The Balaban J connectivity index is 1.61. The van der Waals surface area contributed by atoms with E-state index in [-0.39, 0.29) is 17.9 Å². The topological polar surface area (TPSA) is 76.2 Å². The fourth-order valence-corrected chi connectivity index (χ4v) is 4.20. The molecule has 120 valence electrons. The molecule has 0 aromatic carbocycles. The summed E-state index contributed by atoms with van der Waals surface area (Å²) in [5.74, 6) is 0.316. The normalized spacial score (nSPS) is 34.7. The molecule has 0 aromatic heterocycles. The van der Waals surface area contributed by atoms with Crippen LogP contribution >= 0.6 is 0 Å². The number of morpholine rings is 1. The Hall–Kier alpha value is -0.700. The van der Waals surface area contributed by atoms with Crippen LogP contribution in [0.1, 0.15) is 12.8 Å². The van der Waals surface area contributed by atoms with Crippen LogP contribution in [0.5, 0.6) is 0 Å². The van der Waals surface area contributed by atoms with Gasteiger partial charge in [0.1, 0.15) is 6.10 Å². The second kappa shape index (κ2) is 5.83. The summed E-state index contributed by atoms with van der Waals surface area (Å²) in [7, 11) is -3.18. The Kier molecular flexibility index (Phi) is 4.22. The number of hydrogen-bond acceptors (Lipinski definition) is 5. The molecule has 0 unspecified atom stereocenters. The van der Waals surface area contributed by atoms with Gasteiger partial charge >= 0.3 is 0 Å². The van der Waals surface area contributed by atoms with Crippen LogP contribution in [-0.4, -0.2) is 81.4 Å². The Labute approximate surface area is 125 Å². The van der Waals surface area contributed by atoms with Crippen molar-refractivity contribution in [3.63, 3.8) is 0 Å². The second-order valence-corrected chi connectivity index (χ2v) is 7.99. The summed E-state index contributed by atoms with van der Waals surface area (Å²) in [6.07, 6.45) is 2.13. The van der Waals surface area contributed by atoms with Gasteiger partial charge in [0.2, 0.25) is 10.0 Å². The van der Waals surface area contributed by atoms with E-state index in [4.69, 9.17) is 9.47 Å². The van der Waals surface area contributed by atoms with Gasteiger partial charge in [-0.2, -0.15) is 4.31 Å². The minimum absolute atomic E-state index is 0.0265. The molecule has 3 fully saturated rings. The summed E-state index contributed by atoms with van der Waals surface area (Å²) >= 11 is 0. The molecule has 8 heteroatoms. The number of amides is 1. The van der Waals surface area contributed by atoms with Gasteiger partial charge in [-0.05, 0) is 18.8 Å². The van der Waals surface area contributed by atoms with E-state index in [1.54, 1.807) is 4.90 Å². The van der Waals surface area contributed by atoms with Crippen molar-refractivity contribution in [1.82, 2.24) is 9.21 Å². The number of piperidine rings is 1. The first-order chi connectivity index (χ1) is 9.95. The van der Waals surface area contributed by atoms with Gasteiger partial charge in [-0.15, -0.1) is 0 Å². The van der Waals surface area contributed by atoms with Crippen molar-refractivity contribution in [3.8, 4) is 0 Å². The standard InChI is InChI=1S/C13H22N2O5S/c1-21(17,18)15-3-2-10-8-11(20-12(10)9-15)13(16)14-4-6-19-7-5-14/h10-12H,2-9H2,1H3/t10-,11-,12+/m1/s1. The molecule has 0 radical (unpaired) electrons. The van der Waals surface area contributed by atoms with Crippen molar-refractivity contribution in [2.45, 2.75) is 25.0 Å². The largest absolute Gasteiger partial charge is 0.378 e. The zero-order valence-electron chi connectivity index (χ0n) is 12.2. The average Bonchev–Trinajstić information content (AvgIpc) is 2.89. The molecule has 0 bridgehead atoms. The highest BCUT2D eigenvalue weighted by atomic mass is 32.2. The molecule has 3 saturated heterocycles. The number of carbonyl (C=O) groups is 1. The molecule has 3 aliphatic heterocycles. The van der Waals surface area contributed by atoms with E-state index in [1.165, 1.54) is 10.6 Å². The van der Waals surface area contributed by atoms with Crippen LogP contribution in [0.4, 0.5) is 0 Å². The van der Waals surface area contributed by atoms with E-state index in [0.29, 0.717) is 45.8 Å². The van der Waals surface area contributed by atoms with Gasteiger partial charge in [0, 0.05) is 26.2 Å². The van der Waals surface area contributed by atoms with E-state index in [9.17, 15) is 13.2 Å². The van der Waals surface area contributed by atoms with Crippen LogP contribution in [0.3, 0.4) is 0 Å². The molecule has 3 heterocycles. The third-order valence-electron chi connectivity index (χ3n) is 4.58. The third-order valence-corrected chi connectivity index (χ3v) is 5.85. The maximum absolute atomic E-state index is 12.4. The number of nitrogens with zero attached hydrogens (tertiary/aromatic N) is 2. The Morgan fingerprint density at radius 1 is 1.19 bits per heavy atom. The van der Waals surface area contributed by atoms with Crippen molar-refractivity contribution in [2.24, 2.45) is 5.92 Å². The smallest absolute Gasteiger partial charge is 0.251 e. The molecular weight excluding hydrogens is 296 g/mol. The van der Waals surface area contributed by atoms with Gasteiger partial charge in [-0.25, -0.2) is 8.42 Å². The molecule has 0 saturated carbocycles. The molecule has 1 amide bonds. The number of fused-ring (bicyclic) bond motifs is 1. The van der Waals surface area contributed by atoms with Crippen molar-refractivity contribution >= 4 is 15.9 Å².